The van der Waals surface area contributed by atoms with E-state index in [1.165, 1.54) is 22.3 Å². The topological polar surface area (TPSA) is 84.3 Å². The van der Waals surface area contributed by atoms with Crippen molar-refractivity contribution in [1.82, 2.24) is 14.6 Å². The first-order chi connectivity index (χ1) is 11.8. The van der Waals surface area contributed by atoms with Crippen LogP contribution in [0.5, 0.6) is 0 Å². The average Bonchev–Trinajstić information content (AvgIpc) is 2.94. The Morgan fingerprint density at radius 1 is 1.20 bits per heavy atom. The summed E-state index contributed by atoms with van der Waals surface area (Å²) in [6, 6.07) is 8.20. The monoisotopic (exact) mass is 377 g/mol. The van der Waals surface area contributed by atoms with Gasteiger partial charge in [0.25, 0.3) is 5.56 Å². The van der Waals surface area contributed by atoms with Crippen molar-refractivity contribution in [2.24, 2.45) is 0 Å². The summed E-state index contributed by atoms with van der Waals surface area (Å²) in [6.45, 7) is 5.77. The molecule has 0 aliphatic carbocycles. The molecule has 0 aliphatic rings. The number of hydrogen-bond acceptors (Lipinski definition) is 5. The maximum atomic E-state index is 13.2. The molecular formula is C17H19N3O3S2. The third-order valence-electron chi connectivity index (χ3n) is 4.00. The Balaban J connectivity index is 2.28. The lowest BCUT2D eigenvalue weighted by Gasteiger charge is -2.08. The van der Waals surface area contributed by atoms with E-state index in [-0.39, 0.29) is 21.0 Å². The zero-order chi connectivity index (χ0) is 18.4. The molecule has 0 radical (unpaired) electrons. The molecule has 0 bridgehead atoms. The van der Waals surface area contributed by atoms with E-state index in [9.17, 15) is 13.2 Å². The maximum Gasteiger partial charge on any atom is 0.272 e. The third-order valence-corrected chi connectivity index (χ3v) is 6.65. The molecule has 0 amide bonds. The lowest BCUT2D eigenvalue weighted by atomic mass is 10.0. The highest BCUT2D eigenvalue weighted by molar-refractivity contribution is 7.99. The van der Waals surface area contributed by atoms with E-state index in [1.807, 2.05) is 26.0 Å². The average molecular weight is 377 g/mol. The minimum absolute atomic E-state index is 0.0399. The number of H-pyrrole nitrogens is 1. The van der Waals surface area contributed by atoms with Crippen LogP contribution in [0, 0.1) is 6.92 Å². The number of thioether (sulfide) groups is 1. The number of rotatable bonds is 4. The molecule has 0 saturated heterocycles. The quantitative estimate of drug-likeness (QED) is 0.707. The lowest BCUT2D eigenvalue weighted by Crippen LogP contribution is -2.15. The lowest BCUT2D eigenvalue weighted by molar-refractivity contribution is 0.594. The summed E-state index contributed by atoms with van der Waals surface area (Å²) in [5.41, 5.74) is 1.33. The van der Waals surface area contributed by atoms with Gasteiger partial charge in [-0.3, -0.25) is 9.89 Å². The van der Waals surface area contributed by atoms with Gasteiger partial charge in [-0.1, -0.05) is 26.0 Å². The number of nitrogens with one attached hydrogen (secondary N) is 1. The molecule has 0 fully saturated rings. The highest BCUT2D eigenvalue weighted by atomic mass is 32.2. The normalized spacial score (nSPS) is 12.2. The number of nitrogens with zero attached hydrogens (tertiary/aromatic N) is 2. The summed E-state index contributed by atoms with van der Waals surface area (Å²) in [5, 5.41) is 3.23. The van der Waals surface area contributed by atoms with E-state index in [2.05, 4.69) is 10.1 Å². The van der Waals surface area contributed by atoms with Gasteiger partial charge in [-0.25, -0.2) is 13.4 Å². The fourth-order valence-electron chi connectivity index (χ4n) is 2.64. The van der Waals surface area contributed by atoms with Gasteiger partial charge < -0.3 is 0 Å². The number of sulfone groups is 1. The van der Waals surface area contributed by atoms with Crippen LogP contribution in [-0.4, -0.2) is 29.3 Å². The van der Waals surface area contributed by atoms with Gasteiger partial charge in [-0.15, -0.1) is 11.8 Å². The highest BCUT2D eigenvalue weighted by Crippen LogP contribution is 2.32. The molecule has 0 atom stereocenters. The number of aryl methyl sites for hydroxylation is 1. The molecule has 0 saturated carbocycles. The Hall–Kier alpha value is -2.06. The van der Waals surface area contributed by atoms with Crippen molar-refractivity contribution in [3.8, 4) is 0 Å². The van der Waals surface area contributed by atoms with Gasteiger partial charge in [-0.05, 0) is 36.8 Å². The molecule has 0 unspecified atom stereocenters. The summed E-state index contributed by atoms with van der Waals surface area (Å²) in [6.07, 6.45) is 1.75. The smallest absolute Gasteiger partial charge is 0.272 e. The van der Waals surface area contributed by atoms with E-state index < -0.39 is 9.84 Å². The second-order valence-electron chi connectivity index (χ2n) is 6.10. The fraction of sp³-hybridized carbons (Fsp3) is 0.294. The van der Waals surface area contributed by atoms with E-state index in [0.29, 0.717) is 16.6 Å². The summed E-state index contributed by atoms with van der Waals surface area (Å²) >= 11 is 1.23. The molecule has 6 nitrogen and oxygen atoms in total. The van der Waals surface area contributed by atoms with Crippen LogP contribution < -0.4 is 5.56 Å². The molecule has 8 heteroatoms. The van der Waals surface area contributed by atoms with Crippen LogP contribution >= 0.6 is 11.8 Å². The minimum Gasteiger partial charge on any atom is -0.282 e. The number of fused-ring (bicyclic) bond motifs is 1. The highest BCUT2D eigenvalue weighted by Gasteiger charge is 2.28. The van der Waals surface area contributed by atoms with Crippen LogP contribution in [0.1, 0.15) is 31.0 Å². The second-order valence-corrected chi connectivity index (χ2v) is 8.80. The number of aromatic nitrogens is 3. The molecule has 2 aromatic heterocycles. The number of aromatic amines is 1. The molecule has 3 rings (SSSR count). The molecule has 132 valence electrons. The largest absolute Gasteiger partial charge is 0.282 e. The van der Waals surface area contributed by atoms with Crippen molar-refractivity contribution in [2.75, 3.05) is 6.26 Å². The Morgan fingerprint density at radius 2 is 1.84 bits per heavy atom. The van der Waals surface area contributed by atoms with Gasteiger partial charge in [-0.2, -0.15) is 4.52 Å². The van der Waals surface area contributed by atoms with Gasteiger partial charge in [0.2, 0.25) is 9.84 Å². The summed E-state index contributed by atoms with van der Waals surface area (Å²) in [4.78, 5) is 16.7. The van der Waals surface area contributed by atoms with Crippen molar-refractivity contribution < 1.29 is 8.42 Å². The van der Waals surface area contributed by atoms with Crippen molar-refractivity contribution in [3.05, 3.63) is 51.9 Å². The maximum absolute atomic E-state index is 13.2. The van der Waals surface area contributed by atoms with Crippen LogP contribution in [0.25, 0.3) is 5.65 Å². The van der Waals surface area contributed by atoms with Crippen molar-refractivity contribution in [3.63, 3.8) is 0 Å². The number of benzene rings is 1. The van der Waals surface area contributed by atoms with Crippen molar-refractivity contribution in [2.45, 2.75) is 41.5 Å². The standard InChI is InChI=1S/C17H19N3O3S2/c1-10(2)12-5-7-13(8-6-12)25(22,23)15-16-18-11(3)9-14(21)20(16)19-17(15)24-4/h5-10,19H,1-4H3. The molecule has 2 heterocycles. The molecule has 0 aliphatic heterocycles. The Bertz CT molecular complexity index is 1090. The van der Waals surface area contributed by atoms with Crippen LogP contribution in [-0.2, 0) is 9.84 Å². The van der Waals surface area contributed by atoms with Gasteiger partial charge in [0.05, 0.1) is 4.90 Å². The first-order valence-corrected chi connectivity index (χ1v) is 10.5. The van der Waals surface area contributed by atoms with Crippen molar-refractivity contribution >= 4 is 27.2 Å². The van der Waals surface area contributed by atoms with Gasteiger partial charge in [0, 0.05) is 11.8 Å². The van der Waals surface area contributed by atoms with Crippen LogP contribution in [0.15, 0.2) is 49.9 Å². The van der Waals surface area contributed by atoms with Gasteiger partial charge in [0.15, 0.2) is 5.65 Å². The van der Waals surface area contributed by atoms with E-state index in [1.54, 1.807) is 25.3 Å². The van der Waals surface area contributed by atoms with Gasteiger partial charge in [0.1, 0.15) is 9.92 Å². The second kappa shape index (κ2) is 6.34. The fourth-order valence-corrected chi connectivity index (χ4v) is 5.08. The molecule has 3 aromatic rings. The van der Waals surface area contributed by atoms with Crippen LogP contribution in [0.2, 0.25) is 0 Å². The third kappa shape index (κ3) is 3.00. The predicted molar refractivity (Wildman–Crippen MR) is 98.3 cm³/mol. The Labute approximate surface area is 150 Å². The molecular weight excluding hydrogens is 358 g/mol. The SMILES string of the molecule is CSc1[nH]n2c(=O)cc(C)nc2c1S(=O)(=O)c1ccc(C(C)C)cc1. The summed E-state index contributed by atoms with van der Waals surface area (Å²) in [7, 11) is -3.82. The predicted octanol–water partition coefficient (Wildman–Crippen LogP) is 3.01. The molecule has 0 spiro atoms. The minimum atomic E-state index is -3.82. The Morgan fingerprint density at radius 3 is 2.40 bits per heavy atom. The van der Waals surface area contributed by atoms with Crippen LogP contribution in [0.3, 0.4) is 0 Å². The zero-order valence-electron chi connectivity index (χ0n) is 14.4. The van der Waals surface area contributed by atoms with Crippen LogP contribution in [0.4, 0.5) is 0 Å². The first kappa shape index (κ1) is 17.8. The number of hydrogen-bond donors (Lipinski definition) is 1. The Kier molecular flexibility index (Phi) is 4.51. The molecule has 1 N–H and O–H groups in total. The molecule has 25 heavy (non-hydrogen) atoms. The zero-order valence-corrected chi connectivity index (χ0v) is 16.0. The van der Waals surface area contributed by atoms with Crippen molar-refractivity contribution in [1.29, 1.82) is 0 Å². The first-order valence-electron chi connectivity index (χ1n) is 7.77. The van der Waals surface area contributed by atoms with E-state index in [0.717, 1.165) is 5.56 Å². The molecule has 1 aromatic carbocycles. The van der Waals surface area contributed by atoms with E-state index >= 15 is 0 Å². The summed E-state index contributed by atoms with van der Waals surface area (Å²) in [5.74, 6) is 0.314. The van der Waals surface area contributed by atoms with E-state index in [4.69, 9.17) is 0 Å². The summed E-state index contributed by atoms with van der Waals surface area (Å²) < 4.78 is 27.6. The van der Waals surface area contributed by atoms with Gasteiger partial charge >= 0.3 is 0 Å².